The van der Waals surface area contributed by atoms with E-state index in [2.05, 4.69) is 0 Å². The van der Waals surface area contributed by atoms with Crippen molar-refractivity contribution in [2.75, 3.05) is 19.7 Å². The van der Waals surface area contributed by atoms with Gasteiger partial charge in [-0.05, 0) is 38.5 Å². The van der Waals surface area contributed by atoms with Crippen LogP contribution in [-0.2, 0) is 9.53 Å². The van der Waals surface area contributed by atoms with Gasteiger partial charge in [-0.25, -0.2) is 0 Å². The first-order valence-electron chi connectivity index (χ1n) is 8.69. The molecule has 116 valence electrons. The molecule has 3 nitrogen and oxygen atoms in total. The molecule has 2 fully saturated rings. The highest BCUT2D eigenvalue weighted by Crippen LogP contribution is 2.28. The van der Waals surface area contributed by atoms with Crippen LogP contribution in [0.2, 0.25) is 0 Å². The fraction of sp³-hybridized carbons (Fsp3) is 0.941. The van der Waals surface area contributed by atoms with Gasteiger partial charge in [0.25, 0.3) is 0 Å². The van der Waals surface area contributed by atoms with E-state index in [4.69, 9.17) is 4.74 Å². The molecule has 2 aliphatic rings. The first kappa shape index (κ1) is 15.8. The summed E-state index contributed by atoms with van der Waals surface area (Å²) in [7, 11) is 0. The van der Waals surface area contributed by atoms with Gasteiger partial charge in [-0.2, -0.15) is 0 Å². The lowest BCUT2D eigenvalue weighted by Gasteiger charge is -2.32. The van der Waals surface area contributed by atoms with E-state index in [0.717, 1.165) is 51.3 Å². The number of hydrogen-bond donors (Lipinski definition) is 0. The Morgan fingerprint density at radius 2 is 1.95 bits per heavy atom. The minimum Gasteiger partial charge on any atom is -0.377 e. The molecule has 1 heterocycles. The Morgan fingerprint density at radius 3 is 2.70 bits per heavy atom. The Hall–Kier alpha value is -0.570. The van der Waals surface area contributed by atoms with Crippen molar-refractivity contribution in [3.05, 3.63) is 0 Å². The molecule has 0 aromatic carbocycles. The van der Waals surface area contributed by atoms with Crippen LogP contribution in [0.3, 0.4) is 0 Å². The molecule has 1 unspecified atom stereocenters. The number of piperidine rings is 1. The third-order valence-corrected chi connectivity index (χ3v) is 4.86. The molecule has 0 aromatic rings. The third kappa shape index (κ3) is 5.08. The molecule has 0 spiro atoms. The Bertz CT molecular complexity index is 285. The Morgan fingerprint density at radius 1 is 1.15 bits per heavy atom. The summed E-state index contributed by atoms with van der Waals surface area (Å²) in [5.74, 6) is 1.25. The molecule has 1 saturated carbocycles. The van der Waals surface area contributed by atoms with Crippen LogP contribution in [0, 0.1) is 5.92 Å². The average molecular weight is 281 g/mol. The van der Waals surface area contributed by atoms with Crippen LogP contribution in [0.25, 0.3) is 0 Å². The summed E-state index contributed by atoms with van der Waals surface area (Å²) < 4.78 is 5.67. The van der Waals surface area contributed by atoms with Crippen LogP contribution >= 0.6 is 0 Å². The minimum atomic E-state index is 0.274. The van der Waals surface area contributed by atoms with E-state index in [1.54, 1.807) is 0 Å². The number of likely N-dealkylation sites (tertiary alicyclic amines) is 1. The lowest BCUT2D eigenvalue weighted by atomic mass is 9.86. The molecule has 0 aromatic heterocycles. The highest BCUT2D eigenvalue weighted by Gasteiger charge is 2.23. The zero-order valence-electron chi connectivity index (χ0n) is 13.1. The Kier molecular flexibility index (Phi) is 6.85. The van der Waals surface area contributed by atoms with Crippen molar-refractivity contribution >= 4 is 5.91 Å². The monoisotopic (exact) mass is 281 g/mol. The fourth-order valence-corrected chi connectivity index (χ4v) is 3.71. The standard InChI is InChI=1S/C17H31NO2/c1-2-20-16-11-7-13-18(14-16)17(19)12-6-10-15-8-4-3-5-9-15/h15-16H,2-14H2,1H3. The summed E-state index contributed by atoms with van der Waals surface area (Å²) in [4.78, 5) is 14.3. The molecule has 0 radical (unpaired) electrons. The van der Waals surface area contributed by atoms with Gasteiger partial charge in [0.05, 0.1) is 6.10 Å². The number of nitrogens with zero attached hydrogens (tertiary/aromatic N) is 1. The fourth-order valence-electron chi connectivity index (χ4n) is 3.71. The molecule has 3 heteroatoms. The number of carbonyl (C=O) groups is 1. The maximum atomic E-state index is 12.3. The Balaban J connectivity index is 1.63. The molecule has 0 bridgehead atoms. The molecule has 1 amide bonds. The van der Waals surface area contributed by atoms with E-state index in [9.17, 15) is 4.79 Å². The van der Waals surface area contributed by atoms with Crippen molar-refractivity contribution in [1.29, 1.82) is 0 Å². The molecule has 1 saturated heterocycles. The highest BCUT2D eigenvalue weighted by atomic mass is 16.5. The number of carbonyl (C=O) groups excluding carboxylic acids is 1. The van der Waals surface area contributed by atoms with Crippen molar-refractivity contribution in [2.24, 2.45) is 5.92 Å². The van der Waals surface area contributed by atoms with Gasteiger partial charge in [0, 0.05) is 26.1 Å². The van der Waals surface area contributed by atoms with Gasteiger partial charge in [-0.1, -0.05) is 32.1 Å². The highest BCUT2D eigenvalue weighted by molar-refractivity contribution is 5.76. The lowest BCUT2D eigenvalue weighted by Crippen LogP contribution is -2.43. The third-order valence-electron chi connectivity index (χ3n) is 4.86. The van der Waals surface area contributed by atoms with Gasteiger partial charge < -0.3 is 9.64 Å². The minimum absolute atomic E-state index is 0.274. The van der Waals surface area contributed by atoms with Crippen LogP contribution in [-0.4, -0.2) is 36.6 Å². The molecule has 0 N–H and O–H groups in total. The van der Waals surface area contributed by atoms with Gasteiger partial charge in [0.15, 0.2) is 0 Å². The van der Waals surface area contributed by atoms with E-state index in [1.807, 2.05) is 11.8 Å². The van der Waals surface area contributed by atoms with Gasteiger partial charge in [0.2, 0.25) is 5.91 Å². The number of ether oxygens (including phenoxy) is 1. The molecule has 1 aliphatic carbocycles. The number of amides is 1. The van der Waals surface area contributed by atoms with Crippen LogP contribution in [0.4, 0.5) is 0 Å². The zero-order valence-corrected chi connectivity index (χ0v) is 13.1. The summed E-state index contributed by atoms with van der Waals surface area (Å²) in [5, 5.41) is 0. The van der Waals surface area contributed by atoms with Crippen molar-refractivity contribution in [3.63, 3.8) is 0 Å². The number of hydrogen-bond acceptors (Lipinski definition) is 2. The van der Waals surface area contributed by atoms with Crippen molar-refractivity contribution in [2.45, 2.75) is 77.2 Å². The molecule has 2 rings (SSSR count). The van der Waals surface area contributed by atoms with Crippen molar-refractivity contribution < 1.29 is 9.53 Å². The summed E-state index contributed by atoms with van der Waals surface area (Å²) >= 11 is 0. The topological polar surface area (TPSA) is 29.5 Å². The summed E-state index contributed by atoms with van der Waals surface area (Å²) in [6, 6.07) is 0. The smallest absolute Gasteiger partial charge is 0.222 e. The largest absolute Gasteiger partial charge is 0.377 e. The van der Waals surface area contributed by atoms with Crippen LogP contribution in [0.1, 0.15) is 71.1 Å². The quantitative estimate of drug-likeness (QED) is 0.742. The van der Waals surface area contributed by atoms with Gasteiger partial charge in [-0.15, -0.1) is 0 Å². The SMILES string of the molecule is CCOC1CCCN(C(=O)CCCC2CCCCC2)C1. The average Bonchev–Trinajstić information content (AvgIpc) is 2.49. The summed E-state index contributed by atoms with van der Waals surface area (Å²) in [5.41, 5.74) is 0. The normalized spacial score (nSPS) is 24.9. The maximum Gasteiger partial charge on any atom is 0.222 e. The van der Waals surface area contributed by atoms with Crippen molar-refractivity contribution in [3.8, 4) is 0 Å². The first-order valence-corrected chi connectivity index (χ1v) is 8.69. The summed E-state index contributed by atoms with van der Waals surface area (Å²) in [6.07, 6.45) is 12.6. The van der Waals surface area contributed by atoms with Gasteiger partial charge >= 0.3 is 0 Å². The summed E-state index contributed by atoms with van der Waals surface area (Å²) in [6.45, 7) is 4.54. The predicted molar refractivity (Wildman–Crippen MR) is 81.7 cm³/mol. The number of rotatable bonds is 6. The second-order valence-corrected chi connectivity index (χ2v) is 6.46. The van der Waals surface area contributed by atoms with E-state index in [0.29, 0.717) is 5.91 Å². The zero-order chi connectivity index (χ0) is 14.2. The van der Waals surface area contributed by atoms with E-state index in [-0.39, 0.29) is 6.10 Å². The van der Waals surface area contributed by atoms with Crippen LogP contribution in [0.15, 0.2) is 0 Å². The van der Waals surface area contributed by atoms with Crippen LogP contribution < -0.4 is 0 Å². The van der Waals surface area contributed by atoms with E-state index < -0.39 is 0 Å². The van der Waals surface area contributed by atoms with E-state index >= 15 is 0 Å². The lowest BCUT2D eigenvalue weighted by molar-refractivity contribution is -0.135. The van der Waals surface area contributed by atoms with Crippen LogP contribution in [0.5, 0.6) is 0 Å². The molecule has 1 atom stereocenters. The van der Waals surface area contributed by atoms with Gasteiger partial charge in [0.1, 0.15) is 0 Å². The van der Waals surface area contributed by atoms with E-state index in [1.165, 1.54) is 38.5 Å². The molecular formula is C17H31NO2. The van der Waals surface area contributed by atoms with Gasteiger partial charge in [-0.3, -0.25) is 4.79 Å². The second-order valence-electron chi connectivity index (χ2n) is 6.46. The maximum absolute atomic E-state index is 12.3. The molecular weight excluding hydrogens is 250 g/mol. The molecule has 20 heavy (non-hydrogen) atoms. The second kappa shape index (κ2) is 8.66. The van der Waals surface area contributed by atoms with Crippen molar-refractivity contribution in [1.82, 2.24) is 4.90 Å². The predicted octanol–water partition coefficient (Wildman–Crippen LogP) is 3.76. The first-order chi connectivity index (χ1) is 9.79. The molecule has 1 aliphatic heterocycles. The Labute approximate surface area is 124 Å².